The Bertz CT molecular complexity index is 526. The number of nitrogens with one attached hydrogen (secondary N) is 1. The second-order valence-electron chi connectivity index (χ2n) is 5.92. The van der Waals surface area contributed by atoms with Crippen LogP contribution in [0.25, 0.3) is 0 Å². The lowest BCUT2D eigenvalue weighted by Gasteiger charge is -2.20. The van der Waals surface area contributed by atoms with Crippen LogP contribution in [0.3, 0.4) is 0 Å². The minimum absolute atomic E-state index is 0.0156. The Morgan fingerprint density at radius 2 is 2.15 bits per heavy atom. The van der Waals surface area contributed by atoms with Crippen LogP contribution in [0.4, 0.5) is 5.82 Å². The largest absolute Gasteiger partial charge is 0.478 e. The number of hydrogen-bond acceptors (Lipinski definition) is 3. The van der Waals surface area contributed by atoms with Gasteiger partial charge in [-0.1, -0.05) is 6.42 Å². The van der Waals surface area contributed by atoms with Crippen molar-refractivity contribution in [3.63, 3.8) is 0 Å². The van der Waals surface area contributed by atoms with E-state index >= 15 is 0 Å². The third-order valence-electron chi connectivity index (χ3n) is 4.61. The van der Waals surface area contributed by atoms with E-state index in [0.29, 0.717) is 18.2 Å². The molecule has 5 heteroatoms. The van der Waals surface area contributed by atoms with Crippen molar-refractivity contribution in [3.05, 3.63) is 23.9 Å². The molecule has 2 fully saturated rings. The number of fused-ring (bicyclic) bond motifs is 2. The van der Waals surface area contributed by atoms with Crippen LogP contribution in [0.1, 0.15) is 42.5 Å². The van der Waals surface area contributed by atoms with E-state index in [1.165, 1.54) is 44.0 Å². The zero-order chi connectivity index (χ0) is 14.1. The van der Waals surface area contributed by atoms with Crippen LogP contribution in [0.15, 0.2) is 18.3 Å². The highest BCUT2D eigenvalue weighted by atomic mass is 16.4. The predicted octanol–water partition coefficient (Wildman–Crippen LogP) is 2.54. The Labute approximate surface area is 117 Å². The van der Waals surface area contributed by atoms with E-state index in [0.717, 1.165) is 11.8 Å². The van der Waals surface area contributed by atoms with Gasteiger partial charge in [-0.25, -0.2) is 9.78 Å². The van der Waals surface area contributed by atoms with Gasteiger partial charge in [0.1, 0.15) is 5.82 Å². The molecule has 0 aromatic carbocycles. The summed E-state index contributed by atoms with van der Waals surface area (Å²) < 4.78 is 0. The number of nitrogens with zero attached hydrogens (tertiary/aromatic N) is 1. The molecule has 3 atom stereocenters. The standard InChI is InChI=1S/C15H18N2O3/c18-14(7-12-6-9-1-2-10(12)5-9)17-13-4-3-11(8-16-13)15(19)20/h3-4,8-10,12H,1-2,5-7H2,(H,19,20)(H,16,17,18). The van der Waals surface area contributed by atoms with Crippen LogP contribution in [0.2, 0.25) is 0 Å². The molecule has 1 aromatic heterocycles. The van der Waals surface area contributed by atoms with Gasteiger partial charge in [-0.2, -0.15) is 0 Å². The molecule has 1 aromatic rings. The van der Waals surface area contributed by atoms with Crippen molar-refractivity contribution < 1.29 is 14.7 Å². The van der Waals surface area contributed by atoms with Gasteiger partial charge in [-0.15, -0.1) is 0 Å². The Kier molecular flexibility index (Phi) is 3.42. The number of anilines is 1. The van der Waals surface area contributed by atoms with E-state index in [1.54, 1.807) is 0 Å². The molecule has 2 saturated carbocycles. The molecule has 3 rings (SSSR count). The number of carboxylic acid groups (broad SMARTS) is 1. The maximum absolute atomic E-state index is 12.0. The molecule has 106 valence electrons. The number of carbonyl (C=O) groups excluding carboxylic acids is 1. The molecular weight excluding hydrogens is 256 g/mol. The van der Waals surface area contributed by atoms with E-state index in [1.807, 2.05) is 0 Å². The minimum atomic E-state index is -1.02. The Morgan fingerprint density at radius 3 is 2.70 bits per heavy atom. The summed E-state index contributed by atoms with van der Waals surface area (Å²) in [6.45, 7) is 0. The van der Waals surface area contributed by atoms with Crippen LogP contribution < -0.4 is 5.32 Å². The zero-order valence-electron chi connectivity index (χ0n) is 11.2. The Hall–Kier alpha value is -1.91. The van der Waals surface area contributed by atoms with E-state index < -0.39 is 5.97 Å². The number of carboxylic acids is 1. The number of pyridine rings is 1. The number of rotatable bonds is 4. The van der Waals surface area contributed by atoms with Crippen molar-refractivity contribution in [2.75, 3.05) is 5.32 Å². The summed E-state index contributed by atoms with van der Waals surface area (Å²) in [6.07, 6.45) is 6.90. The molecule has 0 spiro atoms. The normalized spacial score (nSPS) is 27.5. The molecule has 2 bridgehead atoms. The molecule has 20 heavy (non-hydrogen) atoms. The minimum Gasteiger partial charge on any atom is -0.478 e. The van der Waals surface area contributed by atoms with Crippen molar-refractivity contribution in [1.29, 1.82) is 0 Å². The third kappa shape index (κ3) is 2.66. The van der Waals surface area contributed by atoms with Gasteiger partial charge < -0.3 is 10.4 Å². The predicted molar refractivity (Wildman–Crippen MR) is 73.4 cm³/mol. The molecule has 5 nitrogen and oxygen atoms in total. The van der Waals surface area contributed by atoms with Gasteiger partial charge in [-0.3, -0.25) is 4.79 Å². The van der Waals surface area contributed by atoms with Gasteiger partial charge >= 0.3 is 5.97 Å². The number of aromatic nitrogens is 1. The molecule has 0 aliphatic heterocycles. The second-order valence-corrected chi connectivity index (χ2v) is 5.92. The first-order valence-corrected chi connectivity index (χ1v) is 7.11. The summed E-state index contributed by atoms with van der Waals surface area (Å²) in [5.41, 5.74) is 0.121. The lowest BCUT2D eigenvalue weighted by molar-refractivity contribution is -0.117. The van der Waals surface area contributed by atoms with Gasteiger partial charge in [0.15, 0.2) is 0 Å². The summed E-state index contributed by atoms with van der Waals surface area (Å²) >= 11 is 0. The number of amides is 1. The van der Waals surface area contributed by atoms with E-state index in [9.17, 15) is 9.59 Å². The van der Waals surface area contributed by atoms with Crippen molar-refractivity contribution in [2.24, 2.45) is 17.8 Å². The van der Waals surface area contributed by atoms with Gasteiger partial charge in [-0.05, 0) is 49.1 Å². The van der Waals surface area contributed by atoms with Crippen molar-refractivity contribution in [1.82, 2.24) is 4.98 Å². The first-order chi connectivity index (χ1) is 9.61. The Morgan fingerprint density at radius 1 is 1.30 bits per heavy atom. The monoisotopic (exact) mass is 274 g/mol. The molecule has 1 amide bonds. The third-order valence-corrected chi connectivity index (χ3v) is 4.61. The fraction of sp³-hybridized carbons (Fsp3) is 0.533. The quantitative estimate of drug-likeness (QED) is 0.884. The number of carbonyl (C=O) groups is 2. The van der Waals surface area contributed by atoms with Gasteiger partial charge in [0.05, 0.1) is 5.56 Å². The summed E-state index contributed by atoms with van der Waals surface area (Å²) in [6, 6.07) is 2.98. The summed E-state index contributed by atoms with van der Waals surface area (Å²) in [4.78, 5) is 26.7. The van der Waals surface area contributed by atoms with E-state index in [4.69, 9.17) is 5.11 Å². The van der Waals surface area contributed by atoms with Crippen molar-refractivity contribution in [3.8, 4) is 0 Å². The highest BCUT2D eigenvalue weighted by Gasteiger charge is 2.40. The molecule has 1 heterocycles. The van der Waals surface area contributed by atoms with Crippen molar-refractivity contribution >= 4 is 17.7 Å². The lowest BCUT2D eigenvalue weighted by atomic mass is 9.86. The molecule has 3 unspecified atom stereocenters. The van der Waals surface area contributed by atoms with Crippen LogP contribution in [0, 0.1) is 17.8 Å². The first kappa shape index (κ1) is 13.1. The zero-order valence-corrected chi connectivity index (χ0v) is 11.2. The summed E-state index contributed by atoms with van der Waals surface area (Å²) in [7, 11) is 0. The van der Waals surface area contributed by atoms with Crippen LogP contribution >= 0.6 is 0 Å². The van der Waals surface area contributed by atoms with Crippen LogP contribution in [-0.2, 0) is 4.79 Å². The summed E-state index contributed by atoms with van der Waals surface area (Å²) in [5.74, 6) is 1.48. The first-order valence-electron chi connectivity index (χ1n) is 7.11. The highest BCUT2D eigenvalue weighted by molar-refractivity contribution is 5.91. The average Bonchev–Trinajstić information content (AvgIpc) is 3.01. The topological polar surface area (TPSA) is 79.3 Å². The van der Waals surface area contributed by atoms with Crippen LogP contribution in [-0.4, -0.2) is 22.0 Å². The molecule has 2 aliphatic rings. The fourth-order valence-corrected chi connectivity index (χ4v) is 3.65. The Balaban J connectivity index is 1.55. The van der Waals surface area contributed by atoms with Crippen molar-refractivity contribution in [2.45, 2.75) is 32.1 Å². The average molecular weight is 274 g/mol. The van der Waals surface area contributed by atoms with Gasteiger partial charge in [0.2, 0.25) is 5.91 Å². The molecule has 0 saturated heterocycles. The maximum Gasteiger partial charge on any atom is 0.337 e. The molecule has 0 radical (unpaired) electrons. The SMILES string of the molecule is O=C(CC1CC2CCC1C2)Nc1ccc(C(=O)O)cn1. The molecule has 2 N–H and O–H groups in total. The van der Waals surface area contributed by atoms with Crippen LogP contribution in [0.5, 0.6) is 0 Å². The molecule has 2 aliphatic carbocycles. The van der Waals surface area contributed by atoms with Gasteiger partial charge in [0, 0.05) is 12.6 Å². The fourth-order valence-electron chi connectivity index (χ4n) is 3.65. The number of hydrogen-bond donors (Lipinski definition) is 2. The van der Waals surface area contributed by atoms with E-state index in [2.05, 4.69) is 10.3 Å². The highest BCUT2D eigenvalue weighted by Crippen LogP contribution is 2.49. The van der Waals surface area contributed by atoms with E-state index in [-0.39, 0.29) is 11.5 Å². The lowest BCUT2D eigenvalue weighted by Crippen LogP contribution is -2.20. The number of aromatic carboxylic acids is 1. The second kappa shape index (κ2) is 5.23. The maximum atomic E-state index is 12.0. The molecular formula is C15H18N2O3. The van der Waals surface area contributed by atoms with Gasteiger partial charge in [0.25, 0.3) is 0 Å². The summed E-state index contributed by atoms with van der Waals surface area (Å²) in [5, 5.41) is 11.5. The smallest absolute Gasteiger partial charge is 0.337 e.